The van der Waals surface area contributed by atoms with Crippen LogP contribution in [0, 0.1) is 0 Å². The first-order chi connectivity index (χ1) is 25.5. The molecule has 7 rings (SSSR count). The monoisotopic (exact) mass is 715 g/mol. The number of hydrogen-bond acceptors (Lipinski definition) is 10. The van der Waals surface area contributed by atoms with Gasteiger partial charge in [0.25, 0.3) is 11.8 Å². The Morgan fingerprint density at radius 1 is 0.849 bits per heavy atom. The second-order valence-electron chi connectivity index (χ2n) is 14.3. The van der Waals surface area contributed by atoms with Gasteiger partial charge in [-0.2, -0.15) is 0 Å². The summed E-state index contributed by atoms with van der Waals surface area (Å²) in [5.74, 6) is -0.524. The zero-order chi connectivity index (χ0) is 37.3. The number of nitrogens with one attached hydrogen (secondary N) is 2. The van der Waals surface area contributed by atoms with Gasteiger partial charge < -0.3 is 14.8 Å². The van der Waals surface area contributed by atoms with Crippen LogP contribution >= 0.6 is 0 Å². The number of Topliss-reactive ketones (excluding diaryl/α,β-unsaturated/α-hetero) is 1. The number of ether oxygens (including phenoxy) is 2. The molecular weight excluding hydrogens is 674 g/mol. The Balaban J connectivity index is 0.896. The Labute approximate surface area is 307 Å². The van der Waals surface area contributed by atoms with Gasteiger partial charge in [0.2, 0.25) is 11.8 Å². The molecular formula is C41H41N5O7. The van der Waals surface area contributed by atoms with E-state index in [1.165, 1.54) is 6.92 Å². The van der Waals surface area contributed by atoms with Crippen molar-refractivity contribution in [3.63, 3.8) is 0 Å². The Morgan fingerprint density at radius 3 is 2.17 bits per heavy atom. The highest BCUT2D eigenvalue weighted by Crippen LogP contribution is 2.35. The van der Waals surface area contributed by atoms with E-state index in [4.69, 9.17) is 9.47 Å². The Hall–Kier alpha value is -5.91. The lowest BCUT2D eigenvalue weighted by molar-refractivity contribution is -0.136. The van der Waals surface area contributed by atoms with Crippen LogP contribution in [0.3, 0.4) is 0 Å². The van der Waals surface area contributed by atoms with Crippen molar-refractivity contribution >= 4 is 35.1 Å². The van der Waals surface area contributed by atoms with E-state index in [1.807, 2.05) is 24.3 Å². The van der Waals surface area contributed by atoms with Crippen molar-refractivity contribution < 1.29 is 33.4 Å². The molecule has 0 radical (unpaired) electrons. The average Bonchev–Trinajstić information content (AvgIpc) is 3.40. The number of carbonyl (C=O) groups is 5. The molecule has 12 nitrogen and oxygen atoms in total. The van der Waals surface area contributed by atoms with Gasteiger partial charge in [0.1, 0.15) is 24.1 Å². The molecule has 3 aliphatic rings. The fraction of sp³-hybridized carbons (Fsp3) is 0.341. The van der Waals surface area contributed by atoms with Gasteiger partial charge in [-0.05, 0) is 91.8 Å². The number of aromatic nitrogens is 2. The molecule has 1 aliphatic carbocycles. The lowest BCUT2D eigenvalue weighted by Gasteiger charge is -2.30. The molecule has 4 aromatic rings. The number of benzene rings is 3. The van der Waals surface area contributed by atoms with Crippen LogP contribution in [0.25, 0.3) is 0 Å². The van der Waals surface area contributed by atoms with Crippen LogP contribution in [0.2, 0.25) is 0 Å². The van der Waals surface area contributed by atoms with E-state index in [1.54, 1.807) is 30.5 Å². The molecule has 272 valence electrons. The summed E-state index contributed by atoms with van der Waals surface area (Å²) in [6, 6.07) is 22.3. The summed E-state index contributed by atoms with van der Waals surface area (Å²) < 4.78 is 12.3. The number of anilines is 1. The average molecular weight is 716 g/mol. The molecule has 4 amide bonds. The van der Waals surface area contributed by atoms with Crippen molar-refractivity contribution in [1.29, 1.82) is 0 Å². The number of ketones is 1. The van der Waals surface area contributed by atoms with Gasteiger partial charge in [0.05, 0.1) is 22.9 Å². The predicted octanol–water partition coefficient (Wildman–Crippen LogP) is 5.79. The number of imide groups is 2. The molecule has 1 saturated heterocycles. The third kappa shape index (κ3) is 7.53. The summed E-state index contributed by atoms with van der Waals surface area (Å²) in [6.07, 6.45) is 5.32. The third-order valence-corrected chi connectivity index (χ3v) is 10.4. The smallest absolute Gasteiger partial charge is 0.262 e. The zero-order valence-electron chi connectivity index (χ0n) is 29.9. The van der Waals surface area contributed by atoms with Crippen molar-refractivity contribution in [2.45, 2.75) is 89.5 Å². The highest BCUT2D eigenvalue weighted by Gasteiger charge is 2.44. The van der Waals surface area contributed by atoms with E-state index < -0.39 is 29.7 Å². The Bertz CT molecular complexity index is 2070. The van der Waals surface area contributed by atoms with Crippen LogP contribution in [0.5, 0.6) is 11.5 Å². The first-order valence-electron chi connectivity index (χ1n) is 17.9. The molecule has 3 aromatic carbocycles. The third-order valence-electron chi connectivity index (χ3n) is 10.4. The Kier molecular flexibility index (Phi) is 9.78. The van der Waals surface area contributed by atoms with Crippen LogP contribution in [-0.4, -0.2) is 62.5 Å². The molecule has 3 heterocycles. The van der Waals surface area contributed by atoms with Crippen LogP contribution in [-0.2, 0) is 21.6 Å². The molecule has 2 N–H and O–H groups in total. The van der Waals surface area contributed by atoms with Crippen LogP contribution < -0.4 is 20.1 Å². The summed E-state index contributed by atoms with van der Waals surface area (Å²) >= 11 is 0. The fourth-order valence-electron chi connectivity index (χ4n) is 7.20. The minimum atomic E-state index is -0.985. The maximum Gasteiger partial charge on any atom is 0.262 e. The van der Waals surface area contributed by atoms with Crippen LogP contribution in [0.15, 0.2) is 79.0 Å². The van der Waals surface area contributed by atoms with Gasteiger partial charge >= 0.3 is 0 Å². The van der Waals surface area contributed by atoms with E-state index >= 15 is 0 Å². The summed E-state index contributed by atoms with van der Waals surface area (Å²) in [5, 5.41) is 5.74. The normalized spacial score (nSPS) is 20.1. The number of amides is 4. The van der Waals surface area contributed by atoms with Crippen molar-refractivity contribution in [3.05, 3.63) is 113 Å². The van der Waals surface area contributed by atoms with Crippen molar-refractivity contribution in [1.82, 2.24) is 20.2 Å². The number of fused-ring (bicyclic) bond motifs is 1. The van der Waals surface area contributed by atoms with Crippen LogP contribution in [0.4, 0.5) is 5.69 Å². The molecule has 53 heavy (non-hydrogen) atoms. The minimum Gasteiger partial charge on any atom is -0.490 e. The number of hydrogen-bond donors (Lipinski definition) is 2. The molecule has 2 fully saturated rings. The number of piperidine rings is 1. The lowest BCUT2D eigenvalue weighted by atomic mass is 9.78. The highest BCUT2D eigenvalue weighted by atomic mass is 16.5. The van der Waals surface area contributed by atoms with Gasteiger partial charge in [0, 0.05) is 36.7 Å². The highest BCUT2D eigenvalue weighted by molar-refractivity contribution is 6.23. The van der Waals surface area contributed by atoms with Crippen molar-refractivity contribution in [3.8, 4) is 11.5 Å². The lowest BCUT2D eigenvalue weighted by Crippen LogP contribution is -2.54. The molecule has 2 aliphatic heterocycles. The Morgan fingerprint density at radius 2 is 1.51 bits per heavy atom. The number of carbonyl (C=O) groups excluding carboxylic acids is 5. The first-order valence-corrected chi connectivity index (χ1v) is 17.9. The summed E-state index contributed by atoms with van der Waals surface area (Å²) in [6.45, 7) is 6.03. The van der Waals surface area contributed by atoms with Gasteiger partial charge in [-0.3, -0.25) is 34.2 Å². The first kappa shape index (κ1) is 35.5. The van der Waals surface area contributed by atoms with Gasteiger partial charge in [0.15, 0.2) is 11.6 Å². The zero-order valence-corrected chi connectivity index (χ0v) is 29.9. The maximum absolute atomic E-state index is 13.2. The van der Waals surface area contributed by atoms with E-state index in [-0.39, 0.29) is 59.7 Å². The van der Waals surface area contributed by atoms with E-state index in [2.05, 4.69) is 58.7 Å². The summed E-state index contributed by atoms with van der Waals surface area (Å²) in [4.78, 5) is 71.0. The van der Waals surface area contributed by atoms with Crippen molar-refractivity contribution in [2.75, 3.05) is 5.32 Å². The molecule has 1 atom stereocenters. The molecule has 0 spiro atoms. The fourth-order valence-corrected chi connectivity index (χ4v) is 7.20. The summed E-state index contributed by atoms with van der Waals surface area (Å²) in [7, 11) is 0. The maximum atomic E-state index is 13.2. The van der Waals surface area contributed by atoms with E-state index in [0.29, 0.717) is 11.4 Å². The minimum absolute atomic E-state index is 0.0807. The molecule has 1 saturated carbocycles. The summed E-state index contributed by atoms with van der Waals surface area (Å²) in [5.41, 5.74) is 3.93. The van der Waals surface area contributed by atoms with Crippen molar-refractivity contribution in [2.24, 2.45) is 0 Å². The van der Waals surface area contributed by atoms with Gasteiger partial charge in [-0.1, -0.05) is 38.1 Å². The van der Waals surface area contributed by atoms with E-state index in [0.717, 1.165) is 53.1 Å². The van der Waals surface area contributed by atoms with E-state index in [9.17, 15) is 24.0 Å². The number of nitrogens with zero attached hydrogens (tertiary/aromatic N) is 3. The SMILES string of the molecule is CC(=O)c1nccc(COc2ccc(C(C)(C)c3ccc(O[C@H]4CC[C@H](Nc5ccc6c(c5)C(=O)N(C5CCC(=O)NC5=O)C6=O)CC4)cc3)cc2)n1. The second-order valence-corrected chi connectivity index (χ2v) is 14.3. The second kappa shape index (κ2) is 14.6. The van der Waals surface area contributed by atoms with Gasteiger partial charge in [-0.15, -0.1) is 0 Å². The molecule has 12 heteroatoms. The topological polar surface area (TPSA) is 157 Å². The van der Waals surface area contributed by atoms with Crippen LogP contribution in [0.1, 0.15) is 107 Å². The molecule has 1 unspecified atom stereocenters. The quantitative estimate of drug-likeness (QED) is 0.144. The molecule has 0 bridgehead atoms. The standard InChI is InChI=1S/C41H41N5O7/c1-24(47)37-42-21-20-29(44-37)23-52-30-11-4-25(5-12-30)41(2,3)26-6-13-31(14-7-26)53-32-15-8-27(9-16-32)43-28-10-17-33-34(22-28)40(51)46(39(33)50)35-18-19-36(48)45-38(35)49/h4-7,10-14,17,20-22,27,32,35,43H,8-9,15-16,18-19,23H2,1-3H3,(H,45,48,49)/t27-,32-,35?. The number of rotatable bonds is 11. The predicted molar refractivity (Wildman–Crippen MR) is 195 cm³/mol. The van der Waals surface area contributed by atoms with Gasteiger partial charge in [-0.25, -0.2) is 9.97 Å². The largest absolute Gasteiger partial charge is 0.490 e. The molecule has 1 aromatic heterocycles.